The fraction of sp³-hybridized carbons (Fsp3) is 0.462. The number of nitrogens with zero attached hydrogens (tertiary/aromatic N) is 1. The van der Waals surface area contributed by atoms with Gasteiger partial charge >= 0.3 is 0 Å². The molecule has 0 saturated carbocycles. The number of rotatable bonds is 6. The molecule has 0 radical (unpaired) electrons. The lowest BCUT2D eigenvalue weighted by Gasteiger charge is -2.16. The van der Waals surface area contributed by atoms with Crippen LogP contribution in [0.2, 0.25) is 0 Å². The molecular weight excluding hydrogens is 278 g/mol. The van der Waals surface area contributed by atoms with Crippen LogP contribution in [0.5, 0.6) is 0 Å². The highest BCUT2D eigenvalue weighted by molar-refractivity contribution is 7.89. The van der Waals surface area contributed by atoms with E-state index in [1.165, 1.54) is 5.56 Å². The molecule has 0 spiro atoms. The molecule has 1 amide bonds. The lowest BCUT2D eigenvalue weighted by molar-refractivity contribution is -0.127. The zero-order valence-electron chi connectivity index (χ0n) is 11.2. The second-order valence-electron chi connectivity index (χ2n) is 4.92. The zero-order valence-corrected chi connectivity index (χ0v) is 12.0. The van der Waals surface area contributed by atoms with E-state index in [9.17, 15) is 13.2 Å². The number of sulfonamides is 1. The van der Waals surface area contributed by atoms with E-state index in [4.69, 9.17) is 5.14 Å². The maximum absolute atomic E-state index is 11.7. The van der Waals surface area contributed by atoms with Gasteiger partial charge < -0.3 is 10.2 Å². The molecule has 1 fully saturated rings. The molecule has 1 aromatic rings. The van der Waals surface area contributed by atoms with Gasteiger partial charge in [0.2, 0.25) is 15.9 Å². The molecule has 0 aliphatic carbocycles. The van der Waals surface area contributed by atoms with Crippen LogP contribution in [0.1, 0.15) is 12.0 Å². The minimum atomic E-state index is -3.62. The number of benzene rings is 1. The van der Waals surface area contributed by atoms with Crippen LogP contribution in [0.3, 0.4) is 0 Å². The first-order valence-electron chi connectivity index (χ1n) is 6.51. The van der Waals surface area contributed by atoms with E-state index in [-0.39, 0.29) is 18.9 Å². The van der Waals surface area contributed by atoms with Gasteiger partial charge in [-0.25, -0.2) is 13.6 Å². The number of amides is 1. The Morgan fingerprint density at radius 2 is 2.00 bits per heavy atom. The topological polar surface area (TPSA) is 92.5 Å². The third-order valence-electron chi connectivity index (χ3n) is 3.37. The van der Waals surface area contributed by atoms with Gasteiger partial charge in [-0.1, -0.05) is 30.3 Å². The molecule has 1 heterocycles. The predicted octanol–water partition coefficient (Wildman–Crippen LogP) is -0.334. The summed E-state index contributed by atoms with van der Waals surface area (Å²) < 4.78 is 22.4. The molecule has 1 aliphatic heterocycles. The predicted molar refractivity (Wildman–Crippen MR) is 76.2 cm³/mol. The largest absolute Gasteiger partial charge is 0.340 e. The summed E-state index contributed by atoms with van der Waals surface area (Å²) in [5, 5.41) is 7.54. The summed E-state index contributed by atoms with van der Waals surface area (Å²) in [4.78, 5) is 13.2. The first-order chi connectivity index (χ1) is 9.47. The van der Waals surface area contributed by atoms with E-state index >= 15 is 0 Å². The van der Waals surface area contributed by atoms with Gasteiger partial charge in [0.1, 0.15) is 5.25 Å². The molecule has 20 heavy (non-hydrogen) atoms. The summed E-state index contributed by atoms with van der Waals surface area (Å²) in [6.07, 6.45) is -0.00246. The van der Waals surface area contributed by atoms with Gasteiger partial charge in [0, 0.05) is 32.6 Å². The van der Waals surface area contributed by atoms with Crippen molar-refractivity contribution in [3.63, 3.8) is 0 Å². The molecule has 1 atom stereocenters. The van der Waals surface area contributed by atoms with Crippen LogP contribution in [-0.2, 0) is 21.4 Å². The SMILES string of the molecule is NS(=O)(=O)C1CC(=O)N(CCNCc2ccccc2)C1. The third kappa shape index (κ3) is 4.03. The number of likely N-dealkylation sites (tertiary alicyclic amines) is 1. The second-order valence-corrected chi connectivity index (χ2v) is 6.76. The quantitative estimate of drug-likeness (QED) is 0.703. The fourth-order valence-electron chi connectivity index (χ4n) is 2.21. The Morgan fingerprint density at radius 3 is 2.60 bits per heavy atom. The van der Waals surface area contributed by atoms with E-state index in [0.29, 0.717) is 13.1 Å². The average Bonchev–Trinajstić information content (AvgIpc) is 2.77. The Labute approximate surface area is 119 Å². The van der Waals surface area contributed by atoms with Crippen LogP contribution >= 0.6 is 0 Å². The van der Waals surface area contributed by atoms with Crippen LogP contribution in [0.25, 0.3) is 0 Å². The Kier molecular flexibility index (Phi) is 4.74. The minimum Gasteiger partial charge on any atom is -0.340 e. The number of nitrogens with two attached hydrogens (primary N) is 1. The molecule has 1 saturated heterocycles. The molecule has 6 nitrogen and oxygen atoms in total. The van der Waals surface area contributed by atoms with Gasteiger partial charge in [-0.3, -0.25) is 4.79 Å². The number of nitrogens with one attached hydrogen (secondary N) is 1. The molecule has 1 aliphatic rings. The number of carbonyl (C=O) groups is 1. The highest BCUT2D eigenvalue weighted by Gasteiger charge is 2.35. The minimum absolute atomic E-state index is 0.00246. The van der Waals surface area contributed by atoms with Gasteiger partial charge in [0.05, 0.1) is 0 Å². The average molecular weight is 297 g/mol. The molecule has 3 N–H and O–H groups in total. The third-order valence-corrected chi connectivity index (χ3v) is 4.62. The molecule has 110 valence electrons. The maximum atomic E-state index is 11.7. The van der Waals surface area contributed by atoms with E-state index in [2.05, 4.69) is 5.32 Å². The van der Waals surface area contributed by atoms with Crippen LogP contribution in [0.15, 0.2) is 30.3 Å². The van der Waals surface area contributed by atoms with Crippen molar-refractivity contribution in [2.24, 2.45) is 5.14 Å². The highest BCUT2D eigenvalue weighted by Crippen LogP contribution is 2.15. The van der Waals surface area contributed by atoms with Crippen molar-refractivity contribution in [3.05, 3.63) is 35.9 Å². The van der Waals surface area contributed by atoms with Crippen molar-refractivity contribution in [2.45, 2.75) is 18.2 Å². The van der Waals surface area contributed by atoms with E-state index in [1.807, 2.05) is 30.3 Å². The fourth-order valence-corrected chi connectivity index (χ4v) is 2.98. The number of hydrogen-bond acceptors (Lipinski definition) is 4. The van der Waals surface area contributed by atoms with Gasteiger partial charge in [0.15, 0.2) is 0 Å². The van der Waals surface area contributed by atoms with Crippen LogP contribution < -0.4 is 10.5 Å². The van der Waals surface area contributed by atoms with Crippen LogP contribution in [0.4, 0.5) is 0 Å². The molecule has 0 aromatic heterocycles. The smallest absolute Gasteiger partial charge is 0.224 e. The standard InChI is InChI=1S/C13H19N3O3S/c14-20(18,19)12-8-13(17)16(10-12)7-6-15-9-11-4-2-1-3-5-11/h1-5,12,15H,6-10H2,(H2,14,18,19). The lowest BCUT2D eigenvalue weighted by Crippen LogP contribution is -2.35. The Balaban J connectivity index is 1.74. The number of primary sulfonamides is 1. The van der Waals surface area contributed by atoms with Crippen molar-refractivity contribution in [2.75, 3.05) is 19.6 Å². The van der Waals surface area contributed by atoms with Crippen molar-refractivity contribution >= 4 is 15.9 Å². The zero-order chi connectivity index (χ0) is 14.6. The summed E-state index contributed by atoms with van der Waals surface area (Å²) in [5.41, 5.74) is 1.17. The van der Waals surface area contributed by atoms with E-state index < -0.39 is 15.3 Å². The van der Waals surface area contributed by atoms with Gasteiger partial charge in [0.25, 0.3) is 0 Å². The van der Waals surface area contributed by atoms with E-state index in [0.717, 1.165) is 6.54 Å². The molecule has 2 rings (SSSR count). The van der Waals surface area contributed by atoms with Crippen LogP contribution in [-0.4, -0.2) is 44.1 Å². The maximum Gasteiger partial charge on any atom is 0.224 e. The summed E-state index contributed by atoms with van der Waals surface area (Å²) in [7, 11) is -3.62. The summed E-state index contributed by atoms with van der Waals surface area (Å²) >= 11 is 0. The van der Waals surface area contributed by atoms with Gasteiger partial charge in [-0.05, 0) is 5.56 Å². The molecule has 1 aromatic carbocycles. The summed E-state index contributed by atoms with van der Waals surface area (Å²) in [5.74, 6) is -0.148. The van der Waals surface area contributed by atoms with Crippen molar-refractivity contribution < 1.29 is 13.2 Å². The first kappa shape index (κ1) is 15.0. The van der Waals surface area contributed by atoms with Crippen molar-refractivity contribution in [1.82, 2.24) is 10.2 Å². The van der Waals surface area contributed by atoms with Crippen molar-refractivity contribution in [1.29, 1.82) is 0 Å². The van der Waals surface area contributed by atoms with Gasteiger partial charge in [-0.15, -0.1) is 0 Å². The lowest BCUT2D eigenvalue weighted by atomic mass is 10.2. The number of hydrogen-bond donors (Lipinski definition) is 2. The first-order valence-corrected chi connectivity index (χ1v) is 8.12. The number of carbonyl (C=O) groups excluding carboxylic acids is 1. The normalized spacial score (nSPS) is 19.6. The molecule has 7 heteroatoms. The van der Waals surface area contributed by atoms with Crippen LogP contribution in [0, 0.1) is 0 Å². The summed E-state index contributed by atoms with van der Waals surface area (Å²) in [6.45, 7) is 2.04. The Hall–Kier alpha value is -1.44. The Morgan fingerprint density at radius 1 is 1.30 bits per heavy atom. The van der Waals surface area contributed by atoms with Gasteiger partial charge in [-0.2, -0.15) is 0 Å². The van der Waals surface area contributed by atoms with Crippen molar-refractivity contribution in [3.8, 4) is 0 Å². The second kappa shape index (κ2) is 6.34. The molecular formula is C13H19N3O3S. The Bertz CT molecular complexity index is 559. The molecule has 1 unspecified atom stereocenters. The summed E-state index contributed by atoms with van der Waals surface area (Å²) in [6, 6.07) is 9.94. The monoisotopic (exact) mass is 297 g/mol. The molecule has 0 bridgehead atoms. The highest BCUT2D eigenvalue weighted by atomic mass is 32.2. The van der Waals surface area contributed by atoms with E-state index in [1.54, 1.807) is 4.90 Å².